The molecular formula is C27H28F3NO3S. The minimum absolute atomic E-state index is 0.0112. The van der Waals surface area contributed by atoms with Crippen LogP contribution in [0, 0.1) is 12.8 Å². The van der Waals surface area contributed by atoms with E-state index in [4.69, 9.17) is 4.74 Å². The molecule has 0 unspecified atom stereocenters. The van der Waals surface area contributed by atoms with E-state index in [0.717, 1.165) is 48.9 Å². The summed E-state index contributed by atoms with van der Waals surface area (Å²) in [6, 6.07) is 18.4. The van der Waals surface area contributed by atoms with Gasteiger partial charge in [-0.3, -0.25) is 4.31 Å². The first kappa shape index (κ1) is 25.1. The Bertz CT molecular complexity index is 1240. The van der Waals surface area contributed by atoms with Crippen LogP contribution in [0.1, 0.15) is 42.4 Å². The van der Waals surface area contributed by atoms with Crippen LogP contribution >= 0.6 is 0 Å². The Morgan fingerprint density at radius 2 is 1.60 bits per heavy atom. The molecule has 3 aromatic carbocycles. The molecule has 8 heteroatoms. The first-order chi connectivity index (χ1) is 16.6. The quantitative estimate of drug-likeness (QED) is 0.333. The maximum atomic E-state index is 13.7. The summed E-state index contributed by atoms with van der Waals surface area (Å²) in [7, 11) is -4.03. The third-order valence-corrected chi connectivity index (χ3v) is 8.09. The summed E-state index contributed by atoms with van der Waals surface area (Å²) in [5.74, 6) is 0.0126. The zero-order valence-corrected chi connectivity index (χ0v) is 20.3. The summed E-state index contributed by atoms with van der Waals surface area (Å²) in [4.78, 5) is 0.0855. The lowest BCUT2D eigenvalue weighted by Crippen LogP contribution is -2.35. The smallest absolute Gasteiger partial charge is 0.416 e. The van der Waals surface area contributed by atoms with E-state index in [1.807, 2.05) is 31.2 Å². The van der Waals surface area contributed by atoms with Gasteiger partial charge in [0.25, 0.3) is 10.0 Å². The van der Waals surface area contributed by atoms with Crippen LogP contribution < -0.4 is 9.04 Å². The van der Waals surface area contributed by atoms with Crippen molar-refractivity contribution in [1.29, 1.82) is 0 Å². The zero-order chi connectivity index (χ0) is 25.1. The topological polar surface area (TPSA) is 46.6 Å². The number of anilines is 1. The molecule has 0 spiro atoms. The molecule has 1 saturated carbocycles. The number of ether oxygens (including phenoxy) is 1. The van der Waals surface area contributed by atoms with E-state index < -0.39 is 21.8 Å². The van der Waals surface area contributed by atoms with E-state index in [1.54, 1.807) is 18.2 Å². The second kappa shape index (κ2) is 10.3. The van der Waals surface area contributed by atoms with E-state index in [9.17, 15) is 21.6 Å². The minimum Gasteiger partial charge on any atom is -0.487 e. The van der Waals surface area contributed by atoms with Gasteiger partial charge >= 0.3 is 6.18 Å². The molecule has 0 amide bonds. The van der Waals surface area contributed by atoms with Gasteiger partial charge in [0.2, 0.25) is 0 Å². The van der Waals surface area contributed by atoms with Crippen molar-refractivity contribution in [3.63, 3.8) is 0 Å². The number of nitrogens with zero attached hydrogens (tertiary/aromatic N) is 1. The molecule has 0 N–H and O–H groups in total. The Hall–Kier alpha value is -3.00. The standard InChI is InChI=1S/C27H28F3NO3S/c1-20-11-13-22(14-12-20)19-34-26-17-23(27(28,29)30)15-16-25(26)31(18-21-7-5-6-8-21)35(32,33)24-9-3-2-4-10-24/h2-4,9-17,21H,5-8,18-19H2,1H3. The summed E-state index contributed by atoms with van der Waals surface area (Å²) in [6.45, 7) is 2.13. The summed E-state index contributed by atoms with van der Waals surface area (Å²) in [5, 5.41) is 0. The van der Waals surface area contributed by atoms with Crippen molar-refractivity contribution in [3.05, 3.63) is 89.5 Å². The van der Waals surface area contributed by atoms with E-state index >= 15 is 0 Å². The number of rotatable bonds is 8. The Morgan fingerprint density at radius 1 is 0.943 bits per heavy atom. The number of halogens is 3. The van der Waals surface area contributed by atoms with Gasteiger partial charge in [-0.25, -0.2) is 8.42 Å². The molecule has 1 aliphatic carbocycles. The maximum Gasteiger partial charge on any atom is 0.416 e. The Labute approximate surface area is 204 Å². The van der Waals surface area contributed by atoms with Crippen molar-refractivity contribution in [1.82, 2.24) is 0 Å². The number of benzene rings is 3. The lowest BCUT2D eigenvalue weighted by Gasteiger charge is -2.29. The highest BCUT2D eigenvalue weighted by atomic mass is 32.2. The normalized spacial score (nSPS) is 14.7. The van der Waals surface area contributed by atoms with Crippen molar-refractivity contribution in [2.24, 2.45) is 5.92 Å². The highest BCUT2D eigenvalue weighted by molar-refractivity contribution is 7.92. The molecule has 0 saturated heterocycles. The SMILES string of the molecule is Cc1ccc(COc2cc(C(F)(F)F)ccc2N(CC2CCCC2)S(=O)(=O)c2ccccc2)cc1. The van der Waals surface area contributed by atoms with Crippen LogP contribution in [0.3, 0.4) is 0 Å². The van der Waals surface area contributed by atoms with Gasteiger partial charge in [-0.15, -0.1) is 0 Å². The van der Waals surface area contributed by atoms with Gasteiger partial charge in [0.05, 0.1) is 16.1 Å². The summed E-state index contributed by atoms with van der Waals surface area (Å²) >= 11 is 0. The van der Waals surface area contributed by atoms with Crippen LogP contribution in [0.2, 0.25) is 0 Å². The molecule has 1 fully saturated rings. The van der Waals surface area contributed by atoms with Gasteiger partial charge < -0.3 is 4.74 Å². The molecule has 35 heavy (non-hydrogen) atoms. The van der Waals surface area contributed by atoms with Crippen LogP contribution in [-0.2, 0) is 22.8 Å². The second-order valence-electron chi connectivity index (χ2n) is 8.95. The van der Waals surface area contributed by atoms with Gasteiger partial charge in [0.1, 0.15) is 12.4 Å². The third-order valence-electron chi connectivity index (χ3n) is 6.30. The largest absolute Gasteiger partial charge is 0.487 e. The number of aryl methyl sites for hydroxylation is 1. The van der Waals surface area contributed by atoms with Crippen LogP contribution in [-0.4, -0.2) is 15.0 Å². The Kier molecular flexibility index (Phi) is 7.40. The van der Waals surface area contributed by atoms with Crippen molar-refractivity contribution < 1.29 is 26.3 Å². The summed E-state index contributed by atoms with van der Waals surface area (Å²) in [5.41, 5.74) is 1.04. The van der Waals surface area contributed by atoms with Crippen LogP contribution in [0.4, 0.5) is 18.9 Å². The van der Waals surface area contributed by atoms with E-state index in [1.165, 1.54) is 22.5 Å². The van der Waals surface area contributed by atoms with Gasteiger partial charge in [0, 0.05) is 6.54 Å². The van der Waals surface area contributed by atoms with Crippen LogP contribution in [0.5, 0.6) is 5.75 Å². The summed E-state index contributed by atoms with van der Waals surface area (Å²) < 4.78 is 75.2. The van der Waals surface area contributed by atoms with Gasteiger partial charge in [-0.1, -0.05) is 60.9 Å². The molecule has 3 aromatic rings. The van der Waals surface area contributed by atoms with Gasteiger partial charge in [0.15, 0.2) is 0 Å². The van der Waals surface area contributed by atoms with E-state index in [0.29, 0.717) is 0 Å². The van der Waals surface area contributed by atoms with Crippen molar-refractivity contribution in [2.45, 2.75) is 50.3 Å². The fraction of sp³-hybridized carbons (Fsp3) is 0.333. The second-order valence-corrected chi connectivity index (χ2v) is 10.8. The van der Waals surface area contributed by atoms with E-state index in [2.05, 4.69) is 0 Å². The van der Waals surface area contributed by atoms with Crippen molar-refractivity contribution in [2.75, 3.05) is 10.8 Å². The molecule has 0 aromatic heterocycles. The third kappa shape index (κ3) is 5.99. The first-order valence-electron chi connectivity index (χ1n) is 11.6. The molecule has 4 nitrogen and oxygen atoms in total. The van der Waals surface area contributed by atoms with E-state index in [-0.39, 0.29) is 35.4 Å². The van der Waals surface area contributed by atoms with Crippen molar-refractivity contribution in [3.8, 4) is 5.75 Å². The lowest BCUT2D eigenvalue weighted by molar-refractivity contribution is -0.137. The monoisotopic (exact) mass is 503 g/mol. The number of alkyl halides is 3. The maximum absolute atomic E-state index is 13.7. The molecular weight excluding hydrogens is 475 g/mol. The Balaban J connectivity index is 1.77. The molecule has 1 aliphatic rings. The molecule has 0 heterocycles. The fourth-order valence-electron chi connectivity index (χ4n) is 4.33. The number of sulfonamides is 1. The average Bonchev–Trinajstić information content (AvgIpc) is 3.35. The molecule has 186 valence electrons. The molecule has 0 aliphatic heterocycles. The number of hydrogen-bond donors (Lipinski definition) is 0. The molecule has 4 rings (SSSR count). The fourth-order valence-corrected chi connectivity index (χ4v) is 5.90. The van der Waals surface area contributed by atoms with Crippen LogP contribution in [0.25, 0.3) is 0 Å². The first-order valence-corrected chi connectivity index (χ1v) is 13.1. The van der Waals surface area contributed by atoms with Gasteiger partial charge in [-0.2, -0.15) is 13.2 Å². The lowest BCUT2D eigenvalue weighted by atomic mass is 10.1. The molecule has 0 radical (unpaired) electrons. The van der Waals surface area contributed by atoms with Gasteiger partial charge in [-0.05, 0) is 61.6 Å². The summed E-state index contributed by atoms with van der Waals surface area (Å²) in [6.07, 6.45) is -0.821. The highest BCUT2D eigenvalue weighted by Crippen LogP contribution is 2.40. The predicted molar refractivity (Wildman–Crippen MR) is 130 cm³/mol. The number of hydrogen-bond acceptors (Lipinski definition) is 3. The van der Waals surface area contributed by atoms with Crippen LogP contribution in [0.15, 0.2) is 77.7 Å². The predicted octanol–water partition coefficient (Wildman–Crippen LogP) is 6.98. The zero-order valence-electron chi connectivity index (χ0n) is 19.5. The molecule has 0 atom stereocenters. The molecule has 0 bridgehead atoms. The van der Waals surface area contributed by atoms with Crippen molar-refractivity contribution >= 4 is 15.7 Å². The minimum atomic E-state index is -4.59. The Morgan fingerprint density at radius 3 is 2.23 bits per heavy atom. The highest BCUT2D eigenvalue weighted by Gasteiger charge is 2.35. The average molecular weight is 504 g/mol.